The Balaban J connectivity index is 1.49. The van der Waals surface area contributed by atoms with Gasteiger partial charge in [0.2, 0.25) is 0 Å². The van der Waals surface area contributed by atoms with E-state index in [4.69, 9.17) is 9.47 Å². The minimum absolute atomic E-state index is 0.0889. The lowest BCUT2D eigenvalue weighted by atomic mass is 10.0. The fraction of sp³-hybridized carbons (Fsp3) is 0.440. The Morgan fingerprint density at radius 1 is 0.971 bits per heavy atom. The van der Waals surface area contributed by atoms with Crippen LogP contribution in [0.25, 0.3) is 0 Å². The van der Waals surface area contributed by atoms with Gasteiger partial charge in [0.1, 0.15) is 0 Å². The molecule has 0 radical (unpaired) electrons. The van der Waals surface area contributed by atoms with E-state index in [0.717, 1.165) is 5.56 Å². The molecule has 0 saturated carbocycles. The van der Waals surface area contributed by atoms with E-state index in [-0.39, 0.29) is 5.75 Å². The molecule has 0 saturated heterocycles. The number of sulfone groups is 1. The lowest BCUT2D eigenvalue weighted by Gasteiger charge is -2.22. The zero-order chi connectivity index (χ0) is 24.7. The van der Waals surface area contributed by atoms with E-state index in [0.29, 0.717) is 67.4 Å². The van der Waals surface area contributed by atoms with Crippen LogP contribution in [-0.2, 0) is 21.1 Å². The maximum Gasteiger partial charge on any atom is 0.294 e. The third-order valence-corrected chi connectivity index (χ3v) is 7.83. The van der Waals surface area contributed by atoms with Gasteiger partial charge in [0.05, 0.1) is 24.9 Å². The van der Waals surface area contributed by atoms with Crippen molar-refractivity contribution in [3.63, 3.8) is 0 Å². The molecule has 8 nitrogen and oxygen atoms in total. The number of nitrogens with zero attached hydrogens (tertiary/aromatic N) is 2. The molecule has 0 aliphatic carbocycles. The summed E-state index contributed by atoms with van der Waals surface area (Å²) in [5, 5.41) is 0. The SMILES string of the molecule is COc1cc2c(cc1OC)C(=O)C(=O)N(CCCN(C)CCCS(=O)(=O)c1ccccc1)CC2. The maximum atomic E-state index is 12.8. The summed E-state index contributed by atoms with van der Waals surface area (Å²) in [5.74, 6) is -0.000775. The number of methoxy groups -OCH3 is 2. The van der Waals surface area contributed by atoms with Gasteiger partial charge >= 0.3 is 0 Å². The van der Waals surface area contributed by atoms with Crippen molar-refractivity contribution in [3.8, 4) is 11.5 Å². The zero-order valence-electron chi connectivity index (χ0n) is 20.0. The molecular formula is C25H32N2O6S. The largest absolute Gasteiger partial charge is 0.493 e. The molecule has 0 N–H and O–H groups in total. The molecule has 1 aliphatic heterocycles. The highest BCUT2D eigenvalue weighted by molar-refractivity contribution is 7.91. The topological polar surface area (TPSA) is 93.2 Å². The molecule has 1 amide bonds. The van der Waals surface area contributed by atoms with Crippen LogP contribution in [0, 0.1) is 0 Å². The summed E-state index contributed by atoms with van der Waals surface area (Å²) in [5.41, 5.74) is 1.14. The molecule has 0 spiro atoms. The molecule has 0 unspecified atom stereocenters. The number of Topliss-reactive ketones (excluding diaryl/α,β-unsaturated/α-hetero) is 1. The second-order valence-electron chi connectivity index (χ2n) is 8.38. The molecule has 0 atom stereocenters. The van der Waals surface area contributed by atoms with E-state index in [1.807, 2.05) is 7.05 Å². The smallest absolute Gasteiger partial charge is 0.294 e. The molecule has 3 rings (SSSR count). The van der Waals surface area contributed by atoms with Crippen LogP contribution in [-0.4, -0.2) is 83.1 Å². The van der Waals surface area contributed by atoms with E-state index in [2.05, 4.69) is 4.90 Å². The number of carbonyl (C=O) groups is 2. The molecule has 2 aromatic rings. The first kappa shape index (κ1) is 25.7. The van der Waals surface area contributed by atoms with E-state index in [1.165, 1.54) is 14.2 Å². The number of rotatable bonds is 11. The minimum Gasteiger partial charge on any atom is -0.493 e. The summed E-state index contributed by atoms with van der Waals surface area (Å²) in [4.78, 5) is 29.6. The second-order valence-corrected chi connectivity index (χ2v) is 10.5. The van der Waals surface area contributed by atoms with Crippen LogP contribution in [0.5, 0.6) is 11.5 Å². The zero-order valence-corrected chi connectivity index (χ0v) is 20.8. The predicted molar refractivity (Wildman–Crippen MR) is 129 cm³/mol. The van der Waals surface area contributed by atoms with Crippen LogP contribution in [0.15, 0.2) is 47.4 Å². The van der Waals surface area contributed by atoms with E-state index in [9.17, 15) is 18.0 Å². The third kappa shape index (κ3) is 6.15. The number of ether oxygens (including phenoxy) is 2. The van der Waals surface area contributed by atoms with Crippen molar-refractivity contribution in [3.05, 3.63) is 53.6 Å². The van der Waals surface area contributed by atoms with Crippen molar-refractivity contribution in [1.29, 1.82) is 0 Å². The Morgan fingerprint density at radius 2 is 1.62 bits per heavy atom. The van der Waals surface area contributed by atoms with Gasteiger partial charge in [-0.2, -0.15) is 0 Å². The number of fused-ring (bicyclic) bond motifs is 1. The number of hydrogen-bond donors (Lipinski definition) is 0. The van der Waals surface area contributed by atoms with Gasteiger partial charge in [-0.1, -0.05) is 18.2 Å². The predicted octanol–water partition coefficient (Wildman–Crippen LogP) is 2.46. The highest BCUT2D eigenvalue weighted by Gasteiger charge is 2.30. The molecular weight excluding hydrogens is 456 g/mol. The molecule has 34 heavy (non-hydrogen) atoms. The summed E-state index contributed by atoms with van der Waals surface area (Å²) in [6.45, 7) is 2.23. The van der Waals surface area contributed by atoms with Crippen LogP contribution in [0.2, 0.25) is 0 Å². The van der Waals surface area contributed by atoms with Crippen LogP contribution >= 0.6 is 0 Å². The van der Waals surface area contributed by atoms with Gasteiger partial charge in [0, 0.05) is 18.7 Å². The summed E-state index contributed by atoms with van der Waals surface area (Å²) >= 11 is 0. The molecule has 0 aromatic heterocycles. The van der Waals surface area contributed by atoms with Crippen LogP contribution in [0.3, 0.4) is 0 Å². The van der Waals surface area contributed by atoms with Gasteiger partial charge < -0.3 is 19.3 Å². The number of carbonyl (C=O) groups excluding carboxylic acids is 2. The Hall–Kier alpha value is -2.91. The Kier molecular flexibility index (Phi) is 8.68. The first-order chi connectivity index (χ1) is 16.3. The Bertz CT molecular complexity index is 1120. The van der Waals surface area contributed by atoms with Crippen molar-refractivity contribution in [1.82, 2.24) is 9.80 Å². The van der Waals surface area contributed by atoms with Gasteiger partial charge in [-0.25, -0.2) is 8.42 Å². The van der Waals surface area contributed by atoms with Crippen molar-refractivity contribution >= 4 is 21.5 Å². The van der Waals surface area contributed by atoms with Crippen molar-refractivity contribution in [2.24, 2.45) is 0 Å². The van der Waals surface area contributed by atoms with Crippen molar-refractivity contribution in [2.45, 2.75) is 24.2 Å². The Morgan fingerprint density at radius 3 is 2.29 bits per heavy atom. The van der Waals surface area contributed by atoms with E-state index in [1.54, 1.807) is 47.4 Å². The summed E-state index contributed by atoms with van der Waals surface area (Å²) in [6.07, 6.45) is 1.76. The van der Waals surface area contributed by atoms with Crippen LogP contribution in [0.1, 0.15) is 28.8 Å². The second kappa shape index (κ2) is 11.5. The molecule has 1 heterocycles. The quantitative estimate of drug-likeness (QED) is 0.449. The van der Waals surface area contributed by atoms with Crippen molar-refractivity contribution in [2.75, 3.05) is 53.2 Å². The van der Waals surface area contributed by atoms with Crippen LogP contribution in [0.4, 0.5) is 0 Å². The van der Waals surface area contributed by atoms with Gasteiger partial charge in [0.15, 0.2) is 21.3 Å². The number of benzene rings is 2. The van der Waals surface area contributed by atoms with Gasteiger partial charge in [0.25, 0.3) is 11.7 Å². The fourth-order valence-electron chi connectivity index (χ4n) is 4.08. The Labute approximate surface area is 201 Å². The average molecular weight is 489 g/mol. The molecule has 1 aliphatic rings. The molecule has 0 bridgehead atoms. The first-order valence-electron chi connectivity index (χ1n) is 11.3. The summed E-state index contributed by atoms with van der Waals surface area (Å²) in [7, 11) is 1.68. The molecule has 184 valence electrons. The number of amides is 1. The third-order valence-electron chi connectivity index (χ3n) is 6.01. The lowest BCUT2D eigenvalue weighted by Crippen LogP contribution is -2.38. The van der Waals surface area contributed by atoms with E-state index >= 15 is 0 Å². The molecule has 2 aromatic carbocycles. The molecule has 9 heteroatoms. The summed E-state index contributed by atoms with van der Waals surface area (Å²) < 4.78 is 35.4. The van der Waals surface area contributed by atoms with E-state index < -0.39 is 21.5 Å². The normalized spacial score (nSPS) is 14.2. The first-order valence-corrected chi connectivity index (χ1v) is 13.0. The highest BCUT2D eigenvalue weighted by atomic mass is 32.2. The van der Waals surface area contributed by atoms with Gasteiger partial charge in [-0.3, -0.25) is 9.59 Å². The van der Waals surface area contributed by atoms with Crippen molar-refractivity contribution < 1.29 is 27.5 Å². The number of ketones is 1. The van der Waals surface area contributed by atoms with Gasteiger partial charge in [-0.15, -0.1) is 0 Å². The number of hydrogen-bond acceptors (Lipinski definition) is 7. The fourth-order valence-corrected chi connectivity index (χ4v) is 5.40. The maximum absolute atomic E-state index is 12.8. The monoisotopic (exact) mass is 488 g/mol. The minimum atomic E-state index is -3.28. The van der Waals surface area contributed by atoms with Crippen LogP contribution < -0.4 is 9.47 Å². The lowest BCUT2D eigenvalue weighted by molar-refractivity contribution is -0.126. The highest BCUT2D eigenvalue weighted by Crippen LogP contribution is 2.32. The summed E-state index contributed by atoms with van der Waals surface area (Å²) in [6, 6.07) is 11.8. The average Bonchev–Trinajstić information content (AvgIpc) is 2.95. The molecule has 0 fully saturated rings. The van der Waals surface area contributed by atoms with Gasteiger partial charge in [-0.05, 0) is 69.2 Å². The standard InChI is InChI=1S/C25H32N2O6S/c1-26(13-8-16-34(30,31)20-9-5-4-6-10-20)12-7-14-27-15-11-19-17-22(32-2)23(33-3)18-21(19)24(28)25(27)29/h4-6,9-10,17-18H,7-8,11-16H2,1-3H3.